The second-order valence-electron chi connectivity index (χ2n) is 6.42. The van der Waals surface area contributed by atoms with Gasteiger partial charge < -0.3 is 10.6 Å². The van der Waals surface area contributed by atoms with E-state index in [9.17, 15) is 4.79 Å². The third-order valence-electron chi connectivity index (χ3n) is 4.29. The number of hydrogen-bond donors (Lipinski definition) is 1. The highest BCUT2D eigenvalue weighted by Crippen LogP contribution is 2.35. The Bertz CT molecular complexity index is 1120. The number of amides is 1. The topological polar surface area (TPSA) is 72.1 Å². The zero-order valence-corrected chi connectivity index (χ0v) is 15.8. The van der Waals surface area contributed by atoms with Crippen LogP contribution in [0.2, 0.25) is 0 Å². The molecule has 0 aliphatic rings. The molecule has 0 saturated heterocycles. The van der Waals surface area contributed by atoms with Gasteiger partial charge in [-0.2, -0.15) is 0 Å². The summed E-state index contributed by atoms with van der Waals surface area (Å²) < 4.78 is 1.11. The third-order valence-corrected chi connectivity index (χ3v) is 5.36. The van der Waals surface area contributed by atoms with Crippen molar-refractivity contribution in [1.82, 2.24) is 14.9 Å². The summed E-state index contributed by atoms with van der Waals surface area (Å²) in [7, 11) is 3.48. The molecular formula is C21H18N4OS. The summed E-state index contributed by atoms with van der Waals surface area (Å²) in [4.78, 5) is 22.9. The summed E-state index contributed by atoms with van der Waals surface area (Å²) in [6.07, 6.45) is 1.73. The molecule has 2 aromatic carbocycles. The van der Waals surface area contributed by atoms with E-state index in [2.05, 4.69) is 9.97 Å². The number of nitrogens with zero attached hydrogens (tertiary/aromatic N) is 3. The highest BCUT2D eigenvalue weighted by atomic mass is 32.1. The molecule has 0 unspecified atom stereocenters. The summed E-state index contributed by atoms with van der Waals surface area (Å²) in [6.45, 7) is 0. The molecule has 0 radical (unpaired) electrons. The standard InChI is InChI=1S/C21H18N4OS/c1-25(2)21(26)14-7-5-6-13(10-14)15-11-16(19(22)23-12-15)20-24-17-8-3-4-9-18(17)27-20/h3-12H,1-2H3,(H2,22,23). The van der Waals surface area contributed by atoms with Crippen LogP contribution < -0.4 is 5.73 Å². The average molecular weight is 374 g/mol. The number of nitrogens with two attached hydrogens (primary N) is 1. The Balaban J connectivity index is 1.79. The molecule has 4 rings (SSSR count). The Labute approximate surface area is 161 Å². The van der Waals surface area contributed by atoms with Gasteiger partial charge in [0.2, 0.25) is 0 Å². The lowest BCUT2D eigenvalue weighted by molar-refractivity contribution is 0.0827. The van der Waals surface area contributed by atoms with Crippen molar-refractivity contribution in [3.05, 3.63) is 66.4 Å². The number of carbonyl (C=O) groups excluding carboxylic acids is 1. The summed E-state index contributed by atoms with van der Waals surface area (Å²) >= 11 is 1.59. The van der Waals surface area contributed by atoms with Gasteiger partial charge in [-0.1, -0.05) is 24.3 Å². The van der Waals surface area contributed by atoms with Crippen molar-refractivity contribution in [2.45, 2.75) is 0 Å². The van der Waals surface area contributed by atoms with Crippen molar-refractivity contribution in [2.75, 3.05) is 19.8 Å². The zero-order valence-electron chi connectivity index (χ0n) is 15.0. The third kappa shape index (κ3) is 3.27. The molecule has 0 saturated carbocycles. The molecule has 2 aromatic heterocycles. The van der Waals surface area contributed by atoms with E-state index in [0.717, 1.165) is 31.9 Å². The SMILES string of the molecule is CN(C)C(=O)c1cccc(-c2cnc(N)c(-c3nc4ccccc4s3)c2)c1. The molecule has 0 atom stereocenters. The Hall–Kier alpha value is -3.25. The molecule has 0 aliphatic heterocycles. The summed E-state index contributed by atoms with van der Waals surface area (Å²) in [5.74, 6) is 0.407. The molecule has 2 N–H and O–H groups in total. The van der Waals surface area contributed by atoms with Crippen LogP contribution >= 0.6 is 11.3 Å². The molecule has 0 bridgehead atoms. The molecule has 2 heterocycles. The molecule has 5 nitrogen and oxygen atoms in total. The van der Waals surface area contributed by atoms with Crippen LogP contribution in [0.4, 0.5) is 5.82 Å². The monoisotopic (exact) mass is 374 g/mol. The van der Waals surface area contributed by atoms with Crippen molar-refractivity contribution in [2.24, 2.45) is 0 Å². The van der Waals surface area contributed by atoms with Gasteiger partial charge in [0, 0.05) is 31.4 Å². The molecule has 0 aliphatic carbocycles. The van der Waals surface area contributed by atoms with Gasteiger partial charge in [-0.3, -0.25) is 4.79 Å². The molecule has 0 spiro atoms. The fourth-order valence-electron chi connectivity index (χ4n) is 2.88. The van der Waals surface area contributed by atoms with E-state index < -0.39 is 0 Å². The first-order chi connectivity index (χ1) is 13.0. The lowest BCUT2D eigenvalue weighted by atomic mass is 10.0. The van der Waals surface area contributed by atoms with Crippen molar-refractivity contribution in [3.63, 3.8) is 0 Å². The minimum Gasteiger partial charge on any atom is -0.383 e. The molecule has 0 fully saturated rings. The van der Waals surface area contributed by atoms with E-state index in [0.29, 0.717) is 11.4 Å². The van der Waals surface area contributed by atoms with Gasteiger partial charge in [-0.15, -0.1) is 11.3 Å². The maximum absolute atomic E-state index is 12.3. The normalized spacial score (nSPS) is 10.9. The average Bonchev–Trinajstić information content (AvgIpc) is 3.11. The van der Waals surface area contributed by atoms with E-state index in [1.807, 2.05) is 54.6 Å². The fourth-order valence-corrected chi connectivity index (χ4v) is 3.87. The minimum absolute atomic E-state index is 0.0355. The summed E-state index contributed by atoms with van der Waals surface area (Å²) in [6, 6.07) is 17.5. The molecule has 1 amide bonds. The Morgan fingerprint density at radius 2 is 1.85 bits per heavy atom. The molecule has 6 heteroatoms. The van der Waals surface area contributed by atoms with Crippen molar-refractivity contribution < 1.29 is 4.79 Å². The molecule has 27 heavy (non-hydrogen) atoms. The van der Waals surface area contributed by atoms with Gasteiger partial charge in [0.15, 0.2) is 0 Å². The maximum Gasteiger partial charge on any atom is 0.253 e. The first kappa shape index (κ1) is 17.2. The number of benzene rings is 2. The van der Waals surface area contributed by atoms with E-state index in [-0.39, 0.29) is 5.91 Å². The number of pyridine rings is 1. The number of anilines is 1. The van der Waals surface area contributed by atoms with Gasteiger partial charge >= 0.3 is 0 Å². The fraction of sp³-hybridized carbons (Fsp3) is 0.0952. The second-order valence-corrected chi connectivity index (χ2v) is 7.45. The number of aromatic nitrogens is 2. The van der Waals surface area contributed by atoms with Crippen LogP contribution in [0.3, 0.4) is 0 Å². The van der Waals surface area contributed by atoms with Crippen molar-refractivity contribution in [1.29, 1.82) is 0 Å². The van der Waals surface area contributed by atoms with Crippen LogP contribution in [0.1, 0.15) is 10.4 Å². The molecule has 4 aromatic rings. The van der Waals surface area contributed by atoms with Gasteiger partial charge in [-0.05, 0) is 35.9 Å². The van der Waals surface area contributed by atoms with E-state index in [1.165, 1.54) is 0 Å². The highest BCUT2D eigenvalue weighted by molar-refractivity contribution is 7.21. The van der Waals surface area contributed by atoms with Gasteiger partial charge in [0.1, 0.15) is 10.8 Å². The number of hydrogen-bond acceptors (Lipinski definition) is 5. The number of rotatable bonds is 3. The maximum atomic E-state index is 12.3. The van der Waals surface area contributed by atoms with Crippen LogP contribution in [0, 0.1) is 0 Å². The quantitative estimate of drug-likeness (QED) is 0.580. The van der Waals surface area contributed by atoms with Crippen LogP contribution in [0.15, 0.2) is 60.8 Å². The number of fused-ring (bicyclic) bond motifs is 1. The first-order valence-corrected chi connectivity index (χ1v) is 9.28. The van der Waals surface area contributed by atoms with E-state index in [1.54, 1.807) is 36.5 Å². The van der Waals surface area contributed by atoms with Gasteiger partial charge in [-0.25, -0.2) is 9.97 Å². The van der Waals surface area contributed by atoms with Gasteiger partial charge in [0.25, 0.3) is 5.91 Å². The number of para-hydroxylation sites is 1. The minimum atomic E-state index is -0.0355. The summed E-state index contributed by atoms with van der Waals surface area (Å²) in [5.41, 5.74) is 10.3. The Morgan fingerprint density at radius 1 is 1.04 bits per heavy atom. The van der Waals surface area contributed by atoms with Crippen LogP contribution in [0.5, 0.6) is 0 Å². The van der Waals surface area contributed by atoms with Crippen LogP contribution in [0.25, 0.3) is 31.9 Å². The number of nitrogen functional groups attached to an aromatic ring is 1. The highest BCUT2D eigenvalue weighted by Gasteiger charge is 2.13. The van der Waals surface area contributed by atoms with Crippen LogP contribution in [-0.2, 0) is 0 Å². The van der Waals surface area contributed by atoms with Crippen molar-refractivity contribution >= 4 is 33.3 Å². The number of carbonyl (C=O) groups is 1. The second kappa shape index (κ2) is 6.81. The molecular weight excluding hydrogens is 356 g/mol. The summed E-state index contributed by atoms with van der Waals surface area (Å²) in [5, 5.41) is 0.837. The van der Waals surface area contributed by atoms with Crippen molar-refractivity contribution in [3.8, 4) is 21.7 Å². The van der Waals surface area contributed by atoms with Gasteiger partial charge in [0.05, 0.1) is 15.8 Å². The Kier molecular flexibility index (Phi) is 4.33. The Morgan fingerprint density at radius 3 is 2.63 bits per heavy atom. The largest absolute Gasteiger partial charge is 0.383 e. The zero-order chi connectivity index (χ0) is 19.0. The van der Waals surface area contributed by atoms with E-state index in [4.69, 9.17) is 5.73 Å². The van der Waals surface area contributed by atoms with Crippen LogP contribution in [-0.4, -0.2) is 34.9 Å². The first-order valence-electron chi connectivity index (χ1n) is 8.46. The predicted octanol–water partition coefficient (Wildman–Crippen LogP) is 4.31. The number of thiazole rings is 1. The predicted molar refractivity (Wildman–Crippen MR) is 111 cm³/mol. The molecule has 134 valence electrons. The lowest BCUT2D eigenvalue weighted by Crippen LogP contribution is -2.21. The van der Waals surface area contributed by atoms with E-state index >= 15 is 0 Å². The smallest absolute Gasteiger partial charge is 0.253 e. The lowest BCUT2D eigenvalue weighted by Gasteiger charge is -2.12.